The first-order valence-electron chi connectivity index (χ1n) is 9.36. The number of benzene rings is 1. The molecule has 4 rings (SSSR count). The van der Waals surface area contributed by atoms with Gasteiger partial charge in [0.1, 0.15) is 5.82 Å². The quantitative estimate of drug-likeness (QED) is 0.819. The van der Waals surface area contributed by atoms with Gasteiger partial charge in [0, 0.05) is 32.5 Å². The van der Waals surface area contributed by atoms with Crippen molar-refractivity contribution in [1.82, 2.24) is 24.8 Å². The molecule has 3 heterocycles. The molecule has 0 bridgehead atoms. The molecule has 0 saturated carbocycles. The first kappa shape index (κ1) is 17.6. The Morgan fingerprint density at radius 3 is 2.59 bits per heavy atom. The van der Waals surface area contributed by atoms with Crippen LogP contribution in [0.2, 0.25) is 0 Å². The average Bonchev–Trinajstić information content (AvgIpc) is 3.35. The van der Waals surface area contributed by atoms with Crippen LogP contribution in [-0.4, -0.2) is 56.2 Å². The van der Waals surface area contributed by atoms with Crippen molar-refractivity contribution in [2.75, 3.05) is 19.6 Å². The molecule has 2 aromatic rings. The molecule has 0 N–H and O–H groups in total. The van der Waals surface area contributed by atoms with Crippen molar-refractivity contribution in [3.05, 3.63) is 47.0 Å². The maximum Gasteiger partial charge on any atom is 0.257 e. The van der Waals surface area contributed by atoms with Gasteiger partial charge in [-0.2, -0.15) is 0 Å². The van der Waals surface area contributed by atoms with E-state index in [-0.39, 0.29) is 17.4 Å². The molecule has 1 aromatic heterocycles. The molecule has 142 valence electrons. The minimum atomic E-state index is -0.517. The van der Waals surface area contributed by atoms with E-state index in [1.807, 2.05) is 4.90 Å². The van der Waals surface area contributed by atoms with Crippen LogP contribution in [0.4, 0.5) is 4.39 Å². The van der Waals surface area contributed by atoms with Crippen LogP contribution >= 0.6 is 0 Å². The molecule has 1 fully saturated rings. The maximum atomic E-state index is 13.9. The number of hydrogen-bond donors (Lipinski definition) is 0. The highest BCUT2D eigenvalue weighted by molar-refractivity contribution is 5.94. The number of likely N-dealkylation sites (tertiary alicyclic amines) is 1. The summed E-state index contributed by atoms with van der Waals surface area (Å²) in [5.74, 6) is -0.708. The molecular weight excluding hydrogens is 349 g/mol. The van der Waals surface area contributed by atoms with Gasteiger partial charge in [0.25, 0.3) is 5.91 Å². The first-order valence-corrected chi connectivity index (χ1v) is 9.36. The molecule has 8 heteroatoms. The lowest BCUT2D eigenvalue weighted by molar-refractivity contribution is -0.130. The van der Waals surface area contributed by atoms with Gasteiger partial charge in [-0.3, -0.25) is 9.59 Å². The van der Waals surface area contributed by atoms with E-state index < -0.39 is 5.82 Å². The lowest BCUT2D eigenvalue weighted by atomic mass is 10.1. The number of fused-ring (bicyclic) bond motifs is 1. The molecule has 27 heavy (non-hydrogen) atoms. The zero-order valence-electron chi connectivity index (χ0n) is 15.1. The summed E-state index contributed by atoms with van der Waals surface area (Å²) in [4.78, 5) is 28.5. The van der Waals surface area contributed by atoms with Gasteiger partial charge in [0.05, 0.1) is 30.0 Å². The molecule has 0 spiro atoms. The van der Waals surface area contributed by atoms with Crippen molar-refractivity contribution in [2.45, 2.75) is 38.8 Å². The van der Waals surface area contributed by atoms with E-state index >= 15 is 0 Å². The number of carbonyl (C=O) groups excluding carboxylic acids is 2. The number of hydrogen-bond acceptors (Lipinski definition) is 4. The van der Waals surface area contributed by atoms with Gasteiger partial charge in [0.15, 0.2) is 0 Å². The third-order valence-corrected chi connectivity index (χ3v) is 5.27. The lowest BCUT2D eigenvalue weighted by Gasteiger charge is -2.28. The summed E-state index contributed by atoms with van der Waals surface area (Å²) in [6.07, 6.45) is 3.04. The monoisotopic (exact) mass is 371 g/mol. The number of halogens is 1. The largest absolute Gasteiger partial charge is 0.343 e. The summed E-state index contributed by atoms with van der Waals surface area (Å²) in [7, 11) is 0. The summed E-state index contributed by atoms with van der Waals surface area (Å²) < 4.78 is 15.7. The van der Waals surface area contributed by atoms with Crippen molar-refractivity contribution < 1.29 is 14.0 Å². The summed E-state index contributed by atoms with van der Waals surface area (Å²) in [6.45, 7) is 2.97. The van der Waals surface area contributed by atoms with E-state index in [4.69, 9.17) is 0 Å². The van der Waals surface area contributed by atoms with E-state index in [2.05, 4.69) is 10.3 Å². The Hall–Kier alpha value is -2.77. The van der Waals surface area contributed by atoms with E-state index in [1.165, 1.54) is 12.1 Å². The highest BCUT2D eigenvalue weighted by Gasteiger charge is 2.27. The minimum Gasteiger partial charge on any atom is -0.343 e. The van der Waals surface area contributed by atoms with Gasteiger partial charge in [-0.25, -0.2) is 9.07 Å². The highest BCUT2D eigenvalue weighted by atomic mass is 19.1. The van der Waals surface area contributed by atoms with Gasteiger partial charge < -0.3 is 9.80 Å². The molecule has 2 amide bonds. The Bertz CT molecular complexity index is 860. The van der Waals surface area contributed by atoms with Crippen LogP contribution < -0.4 is 0 Å². The Balaban J connectivity index is 1.44. The zero-order chi connectivity index (χ0) is 18.8. The smallest absolute Gasteiger partial charge is 0.257 e. The molecule has 0 radical (unpaired) electrons. The highest BCUT2D eigenvalue weighted by Crippen LogP contribution is 2.20. The van der Waals surface area contributed by atoms with E-state index in [1.54, 1.807) is 21.7 Å². The fourth-order valence-corrected chi connectivity index (χ4v) is 3.72. The van der Waals surface area contributed by atoms with Gasteiger partial charge >= 0.3 is 0 Å². The summed E-state index contributed by atoms with van der Waals surface area (Å²) in [5.41, 5.74) is 1.65. The van der Waals surface area contributed by atoms with Crippen LogP contribution in [0.3, 0.4) is 0 Å². The number of nitrogens with zero attached hydrogens (tertiary/aromatic N) is 5. The zero-order valence-corrected chi connectivity index (χ0v) is 15.1. The van der Waals surface area contributed by atoms with Gasteiger partial charge in [-0.1, -0.05) is 17.3 Å². The minimum absolute atomic E-state index is 0.0733. The second kappa shape index (κ2) is 7.46. The second-order valence-corrected chi connectivity index (χ2v) is 7.00. The van der Waals surface area contributed by atoms with Gasteiger partial charge in [-0.05, 0) is 25.0 Å². The van der Waals surface area contributed by atoms with Gasteiger partial charge in [-0.15, -0.1) is 5.10 Å². The second-order valence-electron chi connectivity index (χ2n) is 7.00. The fourth-order valence-electron chi connectivity index (χ4n) is 3.72. The van der Waals surface area contributed by atoms with Crippen LogP contribution in [0, 0.1) is 5.82 Å². The third-order valence-electron chi connectivity index (χ3n) is 5.27. The van der Waals surface area contributed by atoms with Crippen molar-refractivity contribution in [3.63, 3.8) is 0 Å². The van der Waals surface area contributed by atoms with Gasteiger partial charge in [0.2, 0.25) is 5.91 Å². The maximum absolute atomic E-state index is 13.9. The van der Waals surface area contributed by atoms with Crippen LogP contribution in [0.5, 0.6) is 0 Å². The van der Waals surface area contributed by atoms with Crippen LogP contribution in [0.15, 0.2) is 24.3 Å². The van der Waals surface area contributed by atoms with Crippen molar-refractivity contribution in [1.29, 1.82) is 0 Å². The fraction of sp³-hybridized carbons (Fsp3) is 0.474. The molecule has 0 atom stereocenters. The Morgan fingerprint density at radius 2 is 1.81 bits per heavy atom. The van der Waals surface area contributed by atoms with Crippen molar-refractivity contribution >= 4 is 11.8 Å². The van der Waals surface area contributed by atoms with Crippen molar-refractivity contribution in [2.24, 2.45) is 0 Å². The van der Waals surface area contributed by atoms with Crippen LogP contribution in [0.1, 0.15) is 41.0 Å². The summed E-state index contributed by atoms with van der Waals surface area (Å²) in [6, 6.07) is 6.01. The Labute approximate surface area is 156 Å². The number of amides is 2. The Kier molecular flexibility index (Phi) is 4.87. The SMILES string of the molecule is O=C(CCc1nnn2c1CN(C(=O)c1ccccc1F)CC2)N1CCCC1. The summed E-state index contributed by atoms with van der Waals surface area (Å²) in [5, 5.41) is 8.36. The predicted octanol–water partition coefficient (Wildman–Crippen LogP) is 1.63. The normalized spacial score (nSPS) is 16.5. The Morgan fingerprint density at radius 1 is 1.04 bits per heavy atom. The summed E-state index contributed by atoms with van der Waals surface area (Å²) >= 11 is 0. The predicted molar refractivity (Wildman–Crippen MR) is 95.3 cm³/mol. The van der Waals surface area contributed by atoms with Crippen LogP contribution in [-0.2, 0) is 24.3 Å². The first-order chi connectivity index (χ1) is 13.1. The molecule has 1 aromatic carbocycles. The molecule has 7 nitrogen and oxygen atoms in total. The molecule has 2 aliphatic rings. The number of rotatable bonds is 4. The van der Waals surface area contributed by atoms with E-state index in [9.17, 15) is 14.0 Å². The topological polar surface area (TPSA) is 71.3 Å². The van der Waals surface area contributed by atoms with Crippen LogP contribution in [0.25, 0.3) is 0 Å². The number of carbonyl (C=O) groups is 2. The number of aromatic nitrogens is 3. The standard InChI is InChI=1S/C19H22FN5O2/c20-15-6-2-1-5-14(15)19(27)24-11-12-25-17(13-24)16(21-22-25)7-8-18(26)23-9-3-4-10-23/h1-2,5-6H,3-4,7-13H2. The van der Waals surface area contributed by atoms with Crippen molar-refractivity contribution in [3.8, 4) is 0 Å². The molecule has 2 aliphatic heterocycles. The molecule has 1 saturated heterocycles. The molecular formula is C19H22FN5O2. The third kappa shape index (κ3) is 3.56. The van der Waals surface area contributed by atoms with E-state index in [0.29, 0.717) is 32.5 Å². The molecule has 0 aliphatic carbocycles. The lowest BCUT2D eigenvalue weighted by Crippen LogP contribution is -2.39. The average molecular weight is 371 g/mol. The van der Waals surface area contributed by atoms with E-state index in [0.717, 1.165) is 37.3 Å². The number of aryl methyl sites for hydroxylation is 1. The molecule has 0 unspecified atom stereocenters.